The van der Waals surface area contributed by atoms with Gasteiger partial charge in [0.25, 0.3) is 0 Å². The van der Waals surface area contributed by atoms with Crippen molar-refractivity contribution in [2.45, 2.75) is 20.3 Å². The lowest BCUT2D eigenvalue weighted by molar-refractivity contribution is 0.1000. The van der Waals surface area contributed by atoms with Crippen LogP contribution in [0.2, 0.25) is 0 Å². The summed E-state index contributed by atoms with van der Waals surface area (Å²) in [7, 11) is 0. The van der Waals surface area contributed by atoms with Crippen molar-refractivity contribution >= 4 is 28.7 Å². The van der Waals surface area contributed by atoms with Crippen molar-refractivity contribution in [1.82, 2.24) is 15.0 Å². The van der Waals surface area contributed by atoms with E-state index < -0.39 is 5.91 Å². The molecule has 1 aromatic carbocycles. The van der Waals surface area contributed by atoms with Gasteiger partial charge in [-0.2, -0.15) is 9.97 Å². The number of hydrogen-bond acceptors (Lipinski definition) is 6. The Kier molecular flexibility index (Phi) is 3.76. The number of nitrogen functional groups attached to an aromatic ring is 2. The van der Waals surface area contributed by atoms with Crippen LogP contribution in [-0.4, -0.2) is 20.9 Å². The molecule has 24 heavy (non-hydrogen) atoms. The van der Waals surface area contributed by atoms with Crippen molar-refractivity contribution < 1.29 is 4.79 Å². The third kappa shape index (κ3) is 2.71. The van der Waals surface area contributed by atoms with E-state index >= 15 is 0 Å². The molecular formula is C17H18N6O. The van der Waals surface area contributed by atoms with Gasteiger partial charge in [-0.25, -0.2) is 4.98 Å². The number of aryl methyl sites for hydroxylation is 2. The first-order valence-electron chi connectivity index (χ1n) is 7.44. The standard InChI is InChI=1S/C17H18N6O/c1-8-12(7-10-4-3-5-11(6-10)15(19)24)9(2)21-16-13(8)14(18)22-17(20)23-16/h3-6H,7H2,1-2H3,(H2,19,24)(H4,18,20,21,22,23). The zero-order valence-electron chi connectivity index (χ0n) is 13.5. The fourth-order valence-electron chi connectivity index (χ4n) is 2.87. The van der Waals surface area contributed by atoms with Crippen LogP contribution in [0.5, 0.6) is 0 Å². The van der Waals surface area contributed by atoms with E-state index in [0.29, 0.717) is 28.8 Å². The Hall–Kier alpha value is -3.22. The van der Waals surface area contributed by atoms with E-state index in [2.05, 4.69) is 15.0 Å². The van der Waals surface area contributed by atoms with E-state index in [0.717, 1.165) is 22.4 Å². The highest BCUT2D eigenvalue weighted by Crippen LogP contribution is 2.27. The Bertz CT molecular complexity index is 967. The second kappa shape index (κ2) is 5.77. The largest absolute Gasteiger partial charge is 0.383 e. The summed E-state index contributed by atoms with van der Waals surface area (Å²) in [5.41, 5.74) is 21.7. The summed E-state index contributed by atoms with van der Waals surface area (Å²) < 4.78 is 0. The van der Waals surface area contributed by atoms with Gasteiger partial charge in [0.2, 0.25) is 11.9 Å². The van der Waals surface area contributed by atoms with Crippen molar-refractivity contribution in [3.8, 4) is 0 Å². The van der Waals surface area contributed by atoms with Crippen molar-refractivity contribution in [2.24, 2.45) is 5.73 Å². The molecule has 0 spiro atoms. The number of hydrogen-bond donors (Lipinski definition) is 3. The SMILES string of the molecule is Cc1nc2nc(N)nc(N)c2c(C)c1Cc1cccc(C(N)=O)c1. The molecule has 0 unspecified atom stereocenters. The number of benzene rings is 1. The van der Waals surface area contributed by atoms with Gasteiger partial charge < -0.3 is 17.2 Å². The van der Waals surface area contributed by atoms with E-state index in [4.69, 9.17) is 17.2 Å². The molecule has 0 saturated carbocycles. The Morgan fingerprint density at radius 1 is 1.12 bits per heavy atom. The first-order chi connectivity index (χ1) is 11.4. The highest BCUT2D eigenvalue weighted by atomic mass is 16.1. The Morgan fingerprint density at radius 3 is 2.58 bits per heavy atom. The molecule has 0 aliphatic heterocycles. The molecule has 0 bridgehead atoms. The number of fused-ring (bicyclic) bond motifs is 1. The zero-order chi connectivity index (χ0) is 17.4. The minimum atomic E-state index is -0.449. The van der Waals surface area contributed by atoms with Crippen molar-refractivity contribution in [2.75, 3.05) is 11.5 Å². The van der Waals surface area contributed by atoms with Gasteiger partial charge in [0.05, 0.1) is 5.39 Å². The highest BCUT2D eigenvalue weighted by molar-refractivity contribution is 5.93. The summed E-state index contributed by atoms with van der Waals surface area (Å²) in [6.07, 6.45) is 0.603. The lowest BCUT2D eigenvalue weighted by Gasteiger charge is -2.14. The molecule has 3 aromatic rings. The van der Waals surface area contributed by atoms with Crippen molar-refractivity contribution in [3.63, 3.8) is 0 Å². The smallest absolute Gasteiger partial charge is 0.248 e. The molecule has 7 heteroatoms. The van der Waals surface area contributed by atoms with Crippen LogP contribution in [0.25, 0.3) is 11.0 Å². The predicted molar refractivity (Wildman–Crippen MR) is 93.4 cm³/mol. The molecule has 3 rings (SSSR count). The third-order valence-corrected chi connectivity index (χ3v) is 4.07. The number of amides is 1. The average molecular weight is 322 g/mol. The van der Waals surface area contributed by atoms with Crippen LogP contribution in [-0.2, 0) is 6.42 Å². The molecule has 122 valence electrons. The van der Waals surface area contributed by atoms with Gasteiger partial charge in [0, 0.05) is 11.3 Å². The molecule has 2 heterocycles. The maximum absolute atomic E-state index is 11.4. The van der Waals surface area contributed by atoms with Gasteiger partial charge >= 0.3 is 0 Å². The fourth-order valence-corrected chi connectivity index (χ4v) is 2.87. The average Bonchev–Trinajstić information content (AvgIpc) is 2.50. The Labute approximate surface area is 138 Å². The Morgan fingerprint density at radius 2 is 1.88 bits per heavy atom. The summed E-state index contributed by atoms with van der Waals surface area (Å²) >= 11 is 0. The number of primary amides is 1. The number of pyridine rings is 1. The van der Waals surface area contributed by atoms with Gasteiger partial charge in [0.1, 0.15) is 5.82 Å². The number of carbonyl (C=O) groups excluding carboxylic acids is 1. The van der Waals surface area contributed by atoms with E-state index in [-0.39, 0.29) is 5.95 Å². The zero-order valence-corrected chi connectivity index (χ0v) is 13.5. The normalized spacial score (nSPS) is 10.9. The number of carbonyl (C=O) groups is 1. The van der Waals surface area contributed by atoms with Crippen molar-refractivity contribution in [1.29, 1.82) is 0 Å². The first-order valence-corrected chi connectivity index (χ1v) is 7.44. The maximum atomic E-state index is 11.4. The molecule has 0 saturated heterocycles. The van der Waals surface area contributed by atoms with Crippen LogP contribution >= 0.6 is 0 Å². The van der Waals surface area contributed by atoms with E-state index in [9.17, 15) is 4.79 Å². The predicted octanol–water partition coefficient (Wildman–Crippen LogP) is 1.50. The second-order valence-electron chi connectivity index (χ2n) is 5.71. The number of aromatic nitrogens is 3. The van der Waals surface area contributed by atoms with Gasteiger partial charge in [-0.1, -0.05) is 12.1 Å². The molecule has 6 N–H and O–H groups in total. The molecule has 1 amide bonds. The topological polar surface area (TPSA) is 134 Å². The van der Waals surface area contributed by atoms with Gasteiger partial charge in [-0.05, 0) is 49.1 Å². The van der Waals surface area contributed by atoms with Gasteiger partial charge in [0.15, 0.2) is 5.65 Å². The minimum Gasteiger partial charge on any atom is -0.383 e. The Balaban J connectivity index is 2.13. The number of anilines is 2. The number of rotatable bonds is 3. The van der Waals surface area contributed by atoms with Crippen LogP contribution in [0.4, 0.5) is 11.8 Å². The maximum Gasteiger partial charge on any atom is 0.248 e. The van der Waals surface area contributed by atoms with E-state index in [1.165, 1.54) is 0 Å². The number of nitrogens with two attached hydrogens (primary N) is 3. The summed E-state index contributed by atoms with van der Waals surface area (Å²) in [6, 6.07) is 7.23. The molecule has 0 aliphatic carbocycles. The molecule has 2 aromatic heterocycles. The summed E-state index contributed by atoms with van der Waals surface area (Å²) in [5.74, 6) is -0.0297. The molecule has 0 aliphatic rings. The third-order valence-electron chi connectivity index (χ3n) is 4.07. The molecular weight excluding hydrogens is 304 g/mol. The molecule has 0 radical (unpaired) electrons. The van der Waals surface area contributed by atoms with Crippen LogP contribution < -0.4 is 17.2 Å². The number of nitrogens with zero attached hydrogens (tertiary/aromatic N) is 3. The van der Waals surface area contributed by atoms with E-state index in [1.54, 1.807) is 12.1 Å². The molecule has 0 fully saturated rings. The highest BCUT2D eigenvalue weighted by Gasteiger charge is 2.15. The van der Waals surface area contributed by atoms with Crippen LogP contribution in [0.3, 0.4) is 0 Å². The fraction of sp³-hybridized carbons (Fsp3) is 0.176. The lowest BCUT2D eigenvalue weighted by atomic mass is 9.96. The van der Waals surface area contributed by atoms with Gasteiger partial charge in [-0.15, -0.1) is 0 Å². The van der Waals surface area contributed by atoms with Crippen molar-refractivity contribution in [3.05, 3.63) is 52.2 Å². The summed E-state index contributed by atoms with van der Waals surface area (Å²) in [4.78, 5) is 24.0. The van der Waals surface area contributed by atoms with Crippen LogP contribution in [0.1, 0.15) is 32.7 Å². The summed E-state index contributed by atoms with van der Waals surface area (Å²) in [6.45, 7) is 3.87. The minimum absolute atomic E-state index is 0.105. The van der Waals surface area contributed by atoms with E-state index in [1.807, 2.05) is 26.0 Å². The second-order valence-corrected chi connectivity index (χ2v) is 5.71. The van der Waals surface area contributed by atoms with Gasteiger partial charge in [-0.3, -0.25) is 4.79 Å². The quantitative estimate of drug-likeness (QED) is 0.669. The molecule has 7 nitrogen and oxygen atoms in total. The first kappa shape index (κ1) is 15.7. The van der Waals surface area contributed by atoms with Crippen LogP contribution in [0.15, 0.2) is 24.3 Å². The lowest BCUT2D eigenvalue weighted by Crippen LogP contribution is -2.11. The summed E-state index contributed by atoms with van der Waals surface area (Å²) in [5, 5.41) is 0.704. The molecule has 0 atom stereocenters. The van der Waals surface area contributed by atoms with Crippen LogP contribution in [0, 0.1) is 13.8 Å². The monoisotopic (exact) mass is 322 g/mol.